The Morgan fingerprint density at radius 2 is 1.26 bits per heavy atom. The van der Waals surface area contributed by atoms with E-state index < -0.39 is 0 Å². The summed E-state index contributed by atoms with van der Waals surface area (Å²) in [6.45, 7) is 20.6. The summed E-state index contributed by atoms with van der Waals surface area (Å²) in [6.07, 6.45) is 6.37. The summed E-state index contributed by atoms with van der Waals surface area (Å²) in [6, 6.07) is 15.1. The highest BCUT2D eigenvalue weighted by molar-refractivity contribution is 5.80. The van der Waals surface area contributed by atoms with Crippen LogP contribution in [0.5, 0.6) is 0 Å². The van der Waals surface area contributed by atoms with E-state index in [1.165, 1.54) is 33.4 Å². The molecule has 2 rings (SSSR count). The Morgan fingerprint density at radius 3 is 1.74 bits per heavy atom. The molecule has 0 spiro atoms. The van der Waals surface area contributed by atoms with Crippen LogP contribution in [0.25, 0.3) is 11.1 Å². The second-order valence-corrected chi connectivity index (χ2v) is 5.77. The van der Waals surface area contributed by atoms with Crippen LogP contribution < -0.4 is 0 Å². The van der Waals surface area contributed by atoms with Gasteiger partial charge in [0.1, 0.15) is 0 Å². The predicted octanol–water partition coefficient (Wildman–Crippen LogP) is 8.97. The van der Waals surface area contributed by atoms with Crippen LogP contribution in [0, 0.1) is 20.8 Å². The van der Waals surface area contributed by atoms with Crippen LogP contribution in [-0.4, -0.2) is 0 Å². The Morgan fingerprint density at radius 1 is 0.741 bits per heavy atom. The number of allylic oxidation sites excluding steroid dienone is 5. The lowest BCUT2D eigenvalue weighted by Crippen LogP contribution is -1.86. The van der Waals surface area contributed by atoms with Gasteiger partial charge in [-0.3, -0.25) is 0 Å². The third-order valence-corrected chi connectivity index (χ3v) is 4.04. The van der Waals surface area contributed by atoms with Crippen molar-refractivity contribution in [2.24, 2.45) is 0 Å². The minimum atomic E-state index is 0. The largest absolute Gasteiger partial charge is 0.0912 e. The van der Waals surface area contributed by atoms with E-state index in [9.17, 15) is 0 Å². The van der Waals surface area contributed by atoms with Crippen molar-refractivity contribution < 1.29 is 0 Å². The molecule has 0 saturated carbocycles. The van der Waals surface area contributed by atoms with Gasteiger partial charge in [-0.1, -0.05) is 108 Å². The van der Waals surface area contributed by atoms with Crippen molar-refractivity contribution in [2.75, 3.05) is 0 Å². The maximum atomic E-state index is 4.20. The lowest BCUT2D eigenvalue weighted by molar-refractivity contribution is 1.33. The van der Waals surface area contributed by atoms with E-state index in [0.29, 0.717) is 0 Å². The molecule has 0 radical (unpaired) electrons. The first kappa shape index (κ1) is 26.9. The molecule has 0 heterocycles. The van der Waals surface area contributed by atoms with Crippen LogP contribution in [0.4, 0.5) is 0 Å². The van der Waals surface area contributed by atoms with Gasteiger partial charge in [0.2, 0.25) is 0 Å². The van der Waals surface area contributed by atoms with Crippen LogP contribution in [-0.2, 0) is 0 Å². The summed E-state index contributed by atoms with van der Waals surface area (Å²) in [5.41, 5.74) is 8.56. The molecule has 0 fully saturated rings. The van der Waals surface area contributed by atoms with Crippen molar-refractivity contribution >= 4 is 11.1 Å². The summed E-state index contributed by atoms with van der Waals surface area (Å²) in [5, 5.41) is 0. The summed E-state index contributed by atoms with van der Waals surface area (Å²) in [4.78, 5) is 0. The van der Waals surface area contributed by atoms with Gasteiger partial charge in [0.25, 0.3) is 0 Å². The Kier molecular flexibility index (Phi) is 14.7. The Bertz CT molecular complexity index is 725. The maximum Gasteiger partial charge on any atom is -0.0187 e. The molecule has 27 heavy (non-hydrogen) atoms. The first-order valence-electron chi connectivity index (χ1n) is 9.69. The molecule has 0 aromatic heterocycles. The fraction of sp³-hybridized carbons (Fsp3) is 0.333. The molecule has 0 bridgehead atoms. The Balaban J connectivity index is 0. The minimum absolute atomic E-state index is 0. The number of benzene rings is 2. The highest BCUT2D eigenvalue weighted by Crippen LogP contribution is 2.21. The number of hydrogen-bond acceptors (Lipinski definition) is 0. The van der Waals surface area contributed by atoms with E-state index in [0.717, 1.165) is 5.57 Å². The van der Waals surface area contributed by atoms with Gasteiger partial charge < -0.3 is 0 Å². The zero-order chi connectivity index (χ0) is 20.1. The van der Waals surface area contributed by atoms with Gasteiger partial charge in [0.15, 0.2) is 0 Å². The van der Waals surface area contributed by atoms with E-state index in [-0.39, 0.29) is 7.43 Å². The van der Waals surface area contributed by atoms with E-state index in [1.807, 2.05) is 27.7 Å². The molecule has 0 saturated heterocycles. The van der Waals surface area contributed by atoms with Crippen molar-refractivity contribution in [1.82, 2.24) is 0 Å². The molecular formula is C27H40. The highest BCUT2D eigenvalue weighted by atomic mass is 14.1. The zero-order valence-electron chi connectivity index (χ0n) is 18.0. The molecular weight excluding hydrogens is 324 g/mol. The normalized spacial score (nSPS) is 10.1. The molecule has 2 aromatic carbocycles. The SMILES string of the molecule is C.C=C(/C=C\C(=C/C)c1ccc(C)cc1)c1ccc(C)c(C)c1.CC.CC. The fourth-order valence-electron chi connectivity index (χ4n) is 2.33. The van der Waals surface area contributed by atoms with Crippen LogP contribution in [0.3, 0.4) is 0 Å². The highest BCUT2D eigenvalue weighted by Gasteiger charge is 2.00. The van der Waals surface area contributed by atoms with Crippen LogP contribution in [0.2, 0.25) is 0 Å². The quantitative estimate of drug-likeness (QED) is 0.475. The van der Waals surface area contributed by atoms with Gasteiger partial charge in [0, 0.05) is 0 Å². The Labute approximate surface area is 169 Å². The molecule has 0 amide bonds. The maximum absolute atomic E-state index is 4.20. The molecule has 0 heteroatoms. The van der Waals surface area contributed by atoms with Crippen molar-refractivity contribution in [2.45, 2.75) is 62.8 Å². The summed E-state index contributed by atoms with van der Waals surface area (Å²) in [7, 11) is 0. The van der Waals surface area contributed by atoms with Gasteiger partial charge in [-0.2, -0.15) is 0 Å². The molecule has 0 nitrogen and oxygen atoms in total. The van der Waals surface area contributed by atoms with Crippen molar-refractivity contribution in [1.29, 1.82) is 0 Å². The molecule has 0 aliphatic carbocycles. The summed E-state index contributed by atoms with van der Waals surface area (Å²) < 4.78 is 0. The topological polar surface area (TPSA) is 0 Å². The Hall–Kier alpha value is -2.34. The van der Waals surface area contributed by atoms with Crippen molar-refractivity contribution in [3.63, 3.8) is 0 Å². The predicted molar refractivity (Wildman–Crippen MR) is 128 cm³/mol. The molecule has 0 N–H and O–H groups in total. The van der Waals surface area contributed by atoms with Gasteiger partial charge in [-0.05, 0) is 61.1 Å². The monoisotopic (exact) mass is 364 g/mol. The first-order valence-corrected chi connectivity index (χ1v) is 9.69. The minimum Gasteiger partial charge on any atom is -0.0912 e. The number of aryl methyl sites for hydroxylation is 3. The van der Waals surface area contributed by atoms with Crippen LogP contribution in [0.15, 0.2) is 67.3 Å². The van der Waals surface area contributed by atoms with Gasteiger partial charge in [0.05, 0.1) is 0 Å². The second-order valence-electron chi connectivity index (χ2n) is 5.77. The lowest BCUT2D eigenvalue weighted by atomic mass is 9.99. The molecule has 0 aliphatic rings. The van der Waals surface area contributed by atoms with E-state index in [4.69, 9.17) is 0 Å². The first-order chi connectivity index (χ1) is 12.5. The standard InChI is InChI=1S/C22H24.2C2H6.CH4/c1-6-20(21-11-7-16(2)8-12-21)13-10-18(4)22-14-9-17(3)19(5)15-22;2*1-2;/h6-15H,4H2,1-3,5H3;2*1-2H3;1H4/b13-10-,20-6+;;;. The second kappa shape index (κ2) is 14.8. The smallest absolute Gasteiger partial charge is 0.0187 e. The van der Waals surface area contributed by atoms with Gasteiger partial charge in [-0.15, -0.1) is 0 Å². The number of rotatable bonds is 4. The average molecular weight is 365 g/mol. The average Bonchev–Trinajstić information content (AvgIpc) is 2.68. The zero-order valence-corrected chi connectivity index (χ0v) is 18.0. The fourth-order valence-corrected chi connectivity index (χ4v) is 2.33. The van der Waals surface area contributed by atoms with Gasteiger partial charge in [-0.25, -0.2) is 0 Å². The van der Waals surface area contributed by atoms with E-state index in [1.54, 1.807) is 0 Å². The lowest BCUT2D eigenvalue weighted by Gasteiger charge is -2.06. The van der Waals surface area contributed by atoms with Crippen molar-refractivity contribution in [3.8, 4) is 0 Å². The molecule has 148 valence electrons. The van der Waals surface area contributed by atoms with E-state index >= 15 is 0 Å². The molecule has 2 aromatic rings. The summed E-state index contributed by atoms with van der Waals surface area (Å²) >= 11 is 0. The molecule has 0 unspecified atom stereocenters. The van der Waals surface area contributed by atoms with Crippen molar-refractivity contribution in [3.05, 3.63) is 95.1 Å². The third kappa shape index (κ3) is 8.73. The van der Waals surface area contributed by atoms with Crippen LogP contribution >= 0.6 is 0 Å². The third-order valence-electron chi connectivity index (χ3n) is 4.04. The summed E-state index contributed by atoms with van der Waals surface area (Å²) in [5.74, 6) is 0. The van der Waals surface area contributed by atoms with Crippen LogP contribution in [0.1, 0.15) is 69.9 Å². The molecule has 0 atom stereocenters. The van der Waals surface area contributed by atoms with Gasteiger partial charge >= 0.3 is 0 Å². The molecule has 0 aliphatic heterocycles. The number of hydrogen-bond donors (Lipinski definition) is 0. The van der Waals surface area contributed by atoms with E-state index in [2.05, 4.69) is 95.0 Å².